The minimum Gasteiger partial charge on any atom is -0.351 e. The van der Waals surface area contributed by atoms with Gasteiger partial charge < -0.3 is 28.8 Å². The summed E-state index contributed by atoms with van der Waals surface area (Å²) in [5.41, 5.74) is 3.40. The monoisotopic (exact) mass is 558 g/mol. The average Bonchev–Trinajstić information content (AvgIpc) is 3.53. The van der Waals surface area contributed by atoms with E-state index in [9.17, 15) is 14.0 Å². The summed E-state index contributed by atoms with van der Waals surface area (Å²) in [5.74, 6) is -0.699. The molecule has 1 aliphatic carbocycles. The quantitative estimate of drug-likeness (QED) is 0.273. The Balaban J connectivity index is 1.34. The Morgan fingerprint density at radius 3 is 2.75 bits per heavy atom. The Labute approximate surface area is 211 Å². The number of hydrogen-bond acceptors (Lipinski definition) is 9. The van der Waals surface area contributed by atoms with Gasteiger partial charge in [-0.15, -0.1) is 5.10 Å². The van der Waals surface area contributed by atoms with E-state index in [0.29, 0.717) is 29.8 Å². The Kier molecular flexibility index (Phi) is 6.95. The van der Waals surface area contributed by atoms with Crippen LogP contribution < -0.4 is 4.90 Å². The molecule has 0 bridgehead atoms. The molecule has 13 nitrogen and oxygen atoms in total. The van der Waals surface area contributed by atoms with Gasteiger partial charge in [0.2, 0.25) is 5.28 Å². The summed E-state index contributed by atoms with van der Waals surface area (Å²) >= 11 is 6.29. The second-order valence-corrected chi connectivity index (χ2v) is 13.2. The second kappa shape index (κ2) is 9.74. The molecular weight excluding hydrogens is 534 g/mol. The first-order chi connectivity index (χ1) is 17.0. The third kappa shape index (κ3) is 5.34. The van der Waals surface area contributed by atoms with E-state index in [2.05, 4.69) is 32.4 Å². The predicted octanol–water partition coefficient (Wildman–Crippen LogP) is 3.01. The van der Waals surface area contributed by atoms with E-state index in [1.807, 2.05) is 24.1 Å². The molecule has 3 aromatic rings. The number of benzene rings is 1. The van der Waals surface area contributed by atoms with Crippen LogP contribution in [-0.2, 0) is 24.8 Å². The van der Waals surface area contributed by atoms with Crippen LogP contribution in [0.15, 0.2) is 24.3 Å². The molecule has 0 spiro atoms. The maximum Gasteiger partial charge on any atom is 0.340 e. The van der Waals surface area contributed by atoms with Gasteiger partial charge in [-0.2, -0.15) is 14.6 Å². The van der Waals surface area contributed by atoms with Crippen molar-refractivity contribution < 1.29 is 33.1 Å². The van der Waals surface area contributed by atoms with E-state index < -0.39 is 33.4 Å². The van der Waals surface area contributed by atoms with Gasteiger partial charge in [-0.25, -0.2) is 0 Å². The molecule has 1 saturated heterocycles. The molecule has 36 heavy (non-hydrogen) atoms. The van der Waals surface area contributed by atoms with Crippen molar-refractivity contribution in [2.75, 3.05) is 24.5 Å². The van der Waals surface area contributed by atoms with E-state index >= 15 is 0 Å². The van der Waals surface area contributed by atoms with Crippen molar-refractivity contribution in [2.45, 2.75) is 44.1 Å². The average molecular weight is 559 g/mol. The first kappa shape index (κ1) is 25.7. The number of rotatable bonds is 8. The Morgan fingerprint density at radius 2 is 1.97 bits per heavy atom. The number of hydrogen-bond donors (Lipinski definition) is 3. The summed E-state index contributed by atoms with van der Waals surface area (Å²) < 4.78 is 35.3. The molecule has 1 unspecified atom stereocenters. The third-order valence-corrected chi connectivity index (χ3v) is 9.99. The van der Waals surface area contributed by atoms with Crippen LogP contribution in [0.5, 0.6) is 0 Å². The highest BCUT2D eigenvalue weighted by Crippen LogP contribution is 2.55. The fraction of sp³-hybridized carbons (Fsp3) is 0.500. The minimum atomic E-state index is -4.70. The van der Waals surface area contributed by atoms with E-state index in [-0.39, 0.29) is 17.9 Å². The number of fused-ring (bicyclic) bond motifs is 2. The smallest absolute Gasteiger partial charge is 0.340 e. The van der Waals surface area contributed by atoms with Crippen LogP contribution in [0.4, 0.5) is 5.82 Å². The van der Waals surface area contributed by atoms with Crippen molar-refractivity contribution in [3.63, 3.8) is 0 Å². The zero-order chi connectivity index (χ0) is 25.7. The number of aromatic nitrogens is 5. The van der Waals surface area contributed by atoms with Gasteiger partial charge in [-0.05, 0) is 48.4 Å². The molecule has 0 saturated carbocycles. The lowest BCUT2D eigenvalue weighted by Crippen LogP contribution is -2.24. The SMILES string of the molecule is CN(c1nc(Cl)nc2c1nnn2[C@H]1CC[C@@H](COP(=O)(O)CP(=O)(O)O)O1)[C@@H]1CCc2ccccc21. The molecule has 0 amide bonds. The standard InChI is InChI=1S/C20H25ClN6O7P2/c1-26(15-8-6-12-4-2-3-5-14(12)15)18-17-19(23-20(21)22-18)27(25-24-17)16-9-7-13(34-16)10-33-36(31,32)11-35(28,29)30/h2-5,13,15-16H,6-11H2,1H3,(H,31,32)(H2,28,29,30)/t13-,15+,16+/m0/s1. The van der Waals surface area contributed by atoms with E-state index in [1.165, 1.54) is 15.8 Å². The molecule has 1 aromatic carbocycles. The molecular formula is C20H25ClN6O7P2. The number of anilines is 1. The van der Waals surface area contributed by atoms with Gasteiger partial charge in [-0.1, -0.05) is 29.5 Å². The highest BCUT2D eigenvalue weighted by atomic mass is 35.5. The van der Waals surface area contributed by atoms with Crippen molar-refractivity contribution in [2.24, 2.45) is 0 Å². The fourth-order valence-corrected chi connectivity index (χ4v) is 7.53. The van der Waals surface area contributed by atoms with E-state index in [1.54, 1.807) is 0 Å². The zero-order valence-corrected chi connectivity index (χ0v) is 21.8. The topological polar surface area (TPSA) is 173 Å². The van der Waals surface area contributed by atoms with Crippen molar-refractivity contribution in [1.29, 1.82) is 0 Å². The van der Waals surface area contributed by atoms with E-state index in [0.717, 1.165) is 12.8 Å². The molecule has 3 heterocycles. The van der Waals surface area contributed by atoms with E-state index in [4.69, 9.17) is 30.6 Å². The molecule has 16 heteroatoms. The third-order valence-electron chi connectivity index (χ3n) is 6.36. The van der Waals surface area contributed by atoms with Crippen LogP contribution >= 0.6 is 26.8 Å². The van der Waals surface area contributed by atoms with Crippen molar-refractivity contribution in [3.8, 4) is 0 Å². The first-order valence-corrected chi connectivity index (χ1v) is 15.2. The molecule has 194 valence electrons. The van der Waals surface area contributed by atoms with Crippen LogP contribution in [0.2, 0.25) is 5.28 Å². The van der Waals surface area contributed by atoms with Crippen molar-refractivity contribution >= 4 is 43.8 Å². The summed E-state index contributed by atoms with van der Waals surface area (Å²) in [7, 11) is -7.23. The maximum absolute atomic E-state index is 11.9. The van der Waals surface area contributed by atoms with Gasteiger partial charge in [-0.3, -0.25) is 9.13 Å². The molecule has 5 rings (SSSR count). The lowest BCUT2D eigenvalue weighted by molar-refractivity contribution is -0.0239. The van der Waals surface area contributed by atoms with Crippen LogP contribution in [0, 0.1) is 0 Å². The van der Waals surface area contributed by atoms with Gasteiger partial charge in [0.25, 0.3) is 0 Å². The lowest BCUT2D eigenvalue weighted by Gasteiger charge is -2.26. The Hall–Kier alpha value is -1.95. The van der Waals surface area contributed by atoms with Gasteiger partial charge in [0, 0.05) is 7.05 Å². The van der Waals surface area contributed by atoms with Crippen LogP contribution in [0.25, 0.3) is 11.2 Å². The summed E-state index contributed by atoms with van der Waals surface area (Å²) in [4.78, 5) is 38.4. The minimum absolute atomic E-state index is 0.0377. The summed E-state index contributed by atoms with van der Waals surface area (Å²) in [5, 5.41) is 8.58. The highest BCUT2D eigenvalue weighted by molar-refractivity contribution is 7.70. The predicted molar refractivity (Wildman–Crippen MR) is 130 cm³/mol. The molecule has 0 radical (unpaired) electrons. The summed E-state index contributed by atoms with van der Waals surface area (Å²) in [6.07, 6.45) is 1.68. The summed E-state index contributed by atoms with van der Waals surface area (Å²) in [6, 6.07) is 8.39. The normalized spacial score (nSPS) is 23.6. The van der Waals surface area contributed by atoms with Crippen LogP contribution in [0.3, 0.4) is 0 Å². The summed E-state index contributed by atoms with van der Waals surface area (Å²) in [6.45, 7) is -0.304. The Bertz CT molecular complexity index is 1380. The van der Waals surface area contributed by atoms with Crippen molar-refractivity contribution in [1.82, 2.24) is 25.0 Å². The number of nitrogens with zero attached hydrogens (tertiary/aromatic N) is 6. The van der Waals surface area contributed by atoms with Gasteiger partial charge >= 0.3 is 15.2 Å². The largest absolute Gasteiger partial charge is 0.351 e. The molecule has 1 aliphatic heterocycles. The molecule has 2 aliphatic rings. The lowest BCUT2D eigenvalue weighted by atomic mass is 10.1. The fourth-order valence-electron chi connectivity index (χ4n) is 4.78. The van der Waals surface area contributed by atoms with Crippen LogP contribution in [0.1, 0.15) is 42.7 Å². The highest BCUT2D eigenvalue weighted by Gasteiger charge is 2.35. The maximum atomic E-state index is 11.9. The van der Waals surface area contributed by atoms with Gasteiger partial charge in [0.1, 0.15) is 0 Å². The van der Waals surface area contributed by atoms with Crippen LogP contribution in [-0.4, -0.2) is 65.3 Å². The Morgan fingerprint density at radius 1 is 1.19 bits per heavy atom. The van der Waals surface area contributed by atoms with Crippen molar-refractivity contribution in [3.05, 3.63) is 40.7 Å². The first-order valence-electron chi connectivity index (χ1n) is 11.3. The zero-order valence-electron chi connectivity index (χ0n) is 19.2. The molecule has 1 fully saturated rings. The van der Waals surface area contributed by atoms with Gasteiger partial charge in [0.15, 0.2) is 29.1 Å². The number of aryl methyl sites for hydroxylation is 1. The number of ether oxygens (including phenoxy) is 1. The molecule has 3 N–H and O–H groups in total. The molecule has 4 atom stereocenters. The molecule has 2 aromatic heterocycles. The number of halogens is 1. The second-order valence-electron chi connectivity index (χ2n) is 8.92. The van der Waals surface area contributed by atoms with Gasteiger partial charge in [0.05, 0.1) is 18.8 Å².